The van der Waals surface area contributed by atoms with E-state index >= 15 is 0 Å². The number of sulfone groups is 1. The maximum Gasteiger partial charge on any atom is 0.341 e. The summed E-state index contributed by atoms with van der Waals surface area (Å²) in [5, 5.41) is 0. The van der Waals surface area contributed by atoms with Crippen molar-refractivity contribution in [2.24, 2.45) is 0 Å². The molecule has 0 aliphatic carbocycles. The second-order valence-electron chi connectivity index (χ2n) is 4.36. The van der Waals surface area contributed by atoms with Crippen molar-refractivity contribution in [2.45, 2.75) is 23.5 Å². The van der Waals surface area contributed by atoms with Crippen LogP contribution in [-0.2, 0) is 21.1 Å². The minimum absolute atomic E-state index is 0.0317. The lowest BCUT2D eigenvalue weighted by Gasteiger charge is -2.30. The van der Waals surface area contributed by atoms with E-state index in [2.05, 4.69) is 0 Å². The molecule has 7 heteroatoms. The van der Waals surface area contributed by atoms with Gasteiger partial charge < -0.3 is 4.90 Å². The van der Waals surface area contributed by atoms with E-state index in [1.54, 1.807) is 4.90 Å². The number of amides is 1. The zero-order valence-electron chi connectivity index (χ0n) is 10.1. The van der Waals surface area contributed by atoms with Crippen LogP contribution in [0.2, 0.25) is 0 Å². The molecule has 2 rings (SSSR count). The van der Waals surface area contributed by atoms with Gasteiger partial charge in [0.1, 0.15) is 0 Å². The lowest BCUT2D eigenvalue weighted by atomic mass is 10.1. The number of hydrogen-bond acceptors (Lipinski definition) is 3. The van der Waals surface area contributed by atoms with Crippen LogP contribution in [0.1, 0.15) is 12.0 Å². The molecular weight excluding hydrogens is 276 g/mol. The molecule has 0 unspecified atom stereocenters. The molecule has 1 aromatic rings. The highest BCUT2D eigenvalue weighted by molar-refractivity contribution is 7.91. The van der Waals surface area contributed by atoms with Gasteiger partial charge in [0.15, 0.2) is 0 Å². The third kappa shape index (κ3) is 2.91. The molecule has 1 fully saturated rings. The Labute approximate surface area is 109 Å². The minimum atomic E-state index is -4.56. The fourth-order valence-electron chi connectivity index (χ4n) is 1.75. The number of nitrogens with zero attached hydrogens (tertiary/aromatic N) is 1. The van der Waals surface area contributed by atoms with Crippen LogP contribution in [0.5, 0.6) is 0 Å². The van der Waals surface area contributed by atoms with Crippen LogP contribution in [0.15, 0.2) is 29.2 Å². The van der Waals surface area contributed by atoms with Gasteiger partial charge >= 0.3 is 5.76 Å². The van der Waals surface area contributed by atoms with Gasteiger partial charge in [-0.05, 0) is 24.1 Å². The maximum atomic E-state index is 12.3. The van der Waals surface area contributed by atoms with Crippen molar-refractivity contribution in [3.05, 3.63) is 29.8 Å². The molecule has 1 amide bonds. The van der Waals surface area contributed by atoms with Crippen LogP contribution < -0.4 is 0 Å². The van der Waals surface area contributed by atoms with Crippen molar-refractivity contribution in [1.29, 1.82) is 0 Å². The molecule has 1 heterocycles. The predicted molar refractivity (Wildman–Crippen MR) is 64.5 cm³/mol. The summed E-state index contributed by atoms with van der Waals surface area (Å²) in [6.07, 6.45) is 1.16. The zero-order valence-corrected chi connectivity index (χ0v) is 10.9. The lowest BCUT2D eigenvalue weighted by molar-refractivity contribution is -0.133. The molecule has 0 radical (unpaired) electrons. The Bertz CT molecular complexity index is 565. The summed E-state index contributed by atoms with van der Waals surface area (Å²) in [5.41, 5.74) is 0.616. The van der Waals surface area contributed by atoms with E-state index in [9.17, 15) is 22.0 Å². The van der Waals surface area contributed by atoms with Gasteiger partial charge in [-0.25, -0.2) is 8.42 Å². The number of halogens is 2. The Morgan fingerprint density at radius 3 is 2.21 bits per heavy atom. The van der Waals surface area contributed by atoms with Crippen molar-refractivity contribution in [2.75, 3.05) is 13.1 Å². The van der Waals surface area contributed by atoms with Crippen LogP contribution in [0.25, 0.3) is 0 Å². The molecule has 0 bridgehead atoms. The Kier molecular flexibility index (Phi) is 3.84. The second-order valence-corrected chi connectivity index (χ2v) is 6.28. The zero-order chi connectivity index (χ0) is 14.0. The number of carbonyl (C=O) groups is 1. The molecule has 19 heavy (non-hydrogen) atoms. The first-order chi connectivity index (χ1) is 8.91. The molecule has 1 aromatic carbocycles. The standard InChI is InChI=1S/C12H13F2NO3S/c13-12(14)19(17,18)10-4-2-9(3-5-10)8-11(16)15-6-1-7-15/h2-5,12H,1,6-8H2. The van der Waals surface area contributed by atoms with Gasteiger partial charge in [-0.15, -0.1) is 0 Å². The smallest absolute Gasteiger partial charge is 0.341 e. The highest BCUT2D eigenvalue weighted by Gasteiger charge is 2.26. The van der Waals surface area contributed by atoms with E-state index in [-0.39, 0.29) is 12.3 Å². The number of likely N-dealkylation sites (tertiary alicyclic amines) is 1. The largest absolute Gasteiger partial charge is 0.342 e. The third-order valence-corrected chi connectivity index (χ3v) is 4.45. The number of rotatable bonds is 4. The van der Waals surface area contributed by atoms with Crippen molar-refractivity contribution in [3.8, 4) is 0 Å². The molecule has 104 valence electrons. The SMILES string of the molecule is O=C(Cc1ccc(S(=O)(=O)C(F)F)cc1)N1CCC1. The van der Waals surface area contributed by atoms with E-state index in [1.165, 1.54) is 12.1 Å². The molecular formula is C12H13F2NO3S. The Morgan fingerprint density at radius 1 is 1.21 bits per heavy atom. The molecule has 1 saturated heterocycles. The summed E-state index contributed by atoms with van der Waals surface area (Å²) in [6, 6.07) is 5.01. The molecule has 0 aromatic heterocycles. The quantitative estimate of drug-likeness (QED) is 0.843. The van der Waals surface area contributed by atoms with Crippen LogP contribution in [0.4, 0.5) is 8.78 Å². The molecule has 0 atom stereocenters. The Morgan fingerprint density at radius 2 is 1.79 bits per heavy atom. The van der Waals surface area contributed by atoms with Crippen molar-refractivity contribution in [1.82, 2.24) is 4.90 Å². The summed E-state index contributed by atoms with van der Waals surface area (Å²) in [7, 11) is -4.56. The molecule has 1 aliphatic heterocycles. The van der Waals surface area contributed by atoms with Gasteiger partial charge in [0, 0.05) is 13.1 Å². The normalized spacial score (nSPS) is 15.4. The number of carbonyl (C=O) groups excluding carboxylic acids is 1. The average Bonchev–Trinajstić information content (AvgIpc) is 2.27. The van der Waals surface area contributed by atoms with Crippen LogP contribution in [0, 0.1) is 0 Å². The first-order valence-electron chi connectivity index (χ1n) is 5.80. The topological polar surface area (TPSA) is 54.5 Å². The van der Waals surface area contributed by atoms with Gasteiger partial charge in [-0.1, -0.05) is 12.1 Å². The lowest BCUT2D eigenvalue weighted by Crippen LogP contribution is -2.42. The monoisotopic (exact) mass is 289 g/mol. The minimum Gasteiger partial charge on any atom is -0.342 e. The highest BCUT2D eigenvalue weighted by atomic mass is 32.2. The molecule has 0 N–H and O–H groups in total. The molecule has 1 aliphatic rings. The van der Waals surface area contributed by atoms with Crippen LogP contribution in [-0.4, -0.2) is 38.1 Å². The average molecular weight is 289 g/mol. The van der Waals surface area contributed by atoms with E-state index < -0.39 is 20.5 Å². The summed E-state index contributed by atoms with van der Waals surface area (Å²) in [5.74, 6) is -3.46. The summed E-state index contributed by atoms with van der Waals surface area (Å²) in [4.78, 5) is 12.9. The molecule has 4 nitrogen and oxygen atoms in total. The van der Waals surface area contributed by atoms with E-state index in [0.717, 1.165) is 31.6 Å². The maximum absolute atomic E-state index is 12.3. The van der Waals surface area contributed by atoms with Crippen LogP contribution >= 0.6 is 0 Å². The van der Waals surface area contributed by atoms with Gasteiger partial charge in [0.2, 0.25) is 15.7 Å². The molecule has 0 spiro atoms. The summed E-state index contributed by atoms with van der Waals surface area (Å²) < 4.78 is 47.0. The second kappa shape index (κ2) is 5.24. The van der Waals surface area contributed by atoms with Crippen molar-refractivity contribution >= 4 is 15.7 Å². The number of alkyl halides is 2. The van der Waals surface area contributed by atoms with Crippen molar-refractivity contribution in [3.63, 3.8) is 0 Å². The van der Waals surface area contributed by atoms with E-state index in [4.69, 9.17) is 0 Å². The van der Waals surface area contributed by atoms with Gasteiger partial charge in [-0.2, -0.15) is 8.78 Å². The Balaban J connectivity index is 2.08. The fourth-order valence-corrected chi connectivity index (χ4v) is 2.47. The van der Waals surface area contributed by atoms with Crippen LogP contribution in [0.3, 0.4) is 0 Å². The van der Waals surface area contributed by atoms with Gasteiger partial charge in [-0.3, -0.25) is 4.79 Å². The highest BCUT2D eigenvalue weighted by Crippen LogP contribution is 2.19. The molecule has 0 saturated carbocycles. The van der Waals surface area contributed by atoms with Crippen molar-refractivity contribution < 1.29 is 22.0 Å². The summed E-state index contributed by atoms with van der Waals surface area (Å²) in [6.45, 7) is 1.49. The first kappa shape index (κ1) is 13.9. The van der Waals surface area contributed by atoms with Gasteiger partial charge in [0.25, 0.3) is 0 Å². The summed E-state index contributed by atoms with van der Waals surface area (Å²) >= 11 is 0. The first-order valence-corrected chi connectivity index (χ1v) is 7.34. The predicted octanol–water partition coefficient (Wildman–Crippen LogP) is 1.46. The number of hydrogen-bond donors (Lipinski definition) is 0. The number of benzene rings is 1. The van der Waals surface area contributed by atoms with Gasteiger partial charge in [0.05, 0.1) is 11.3 Å². The Hall–Kier alpha value is -1.50. The van der Waals surface area contributed by atoms with E-state index in [0.29, 0.717) is 5.56 Å². The van der Waals surface area contributed by atoms with E-state index in [1.807, 2.05) is 0 Å². The third-order valence-electron chi connectivity index (χ3n) is 3.05. The fraction of sp³-hybridized carbons (Fsp3) is 0.417.